The number of hydrogen-bond donors (Lipinski definition) is 1. The van der Waals surface area contributed by atoms with Crippen molar-refractivity contribution in [2.24, 2.45) is 29.1 Å². The van der Waals surface area contributed by atoms with Gasteiger partial charge >= 0.3 is 0 Å². The average molecular weight is 288 g/mol. The van der Waals surface area contributed by atoms with Gasteiger partial charge in [-0.25, -0.2) is 0 Å². The average Bonchev–Trinajstić information content (AvgIpc) is 2.69. The van der Waals surface area contributed by atoms with Crippen LogP contribution in [0.25, 0.3) is 0 Å². The van der Waals surface area contributed by atoms with Crippen molar-refractivity contribution in [3.63, 3.8) is 0 Å². The fourth-order valence-electron chi connectivity index (χ4n) is 6.42. The van der Waals surface area contributed by atoms with E-state index in [-0.39, 0.29) is 5.41 Å². The predicted octanol–water partition coefficient (Wildman–Crippen LogP) is 3.88. The van der Waals surface area contributed by atoms with Gasteiger partial charge in [0.25, 0.3) is 0 Å². The number of rotatable bonds is 0. The molecule has 0 aromatic carbocycles. The highest BCUT2D eigenvalue weighted by Gasteiger charge is 2.60. The van der Waals surface area contributed by atoms with E-state index in [1.54, 1.807) is 0 Å². The second-order valence-electron chi connectivity index (χ2n) is 8.57. The largest absolute Gasteiger partial charge is 0.390 e. The molecule has 116 valence electrons. The van der Waals surface area contributed by atoms with Gasteiger partial charge in [-0.15, -0.1) is 0 Å². The summed E-state index contributed by atoms with van der Waals surface area (Å²) in [6.07, 6.45) is 10.8. The van der Waals surface area contributed by atoms with Crippen LogP contribution in [-0.2, 0) is 4.79 Å². The van der Waals surface area contributed by atoms with Gasteiger partial charge in [0, 0.05) is 6.42 Å². The first-order valence-corrected chi connectivity index (χ1v) is 8.88. The Morgan fingerprint density at radius 2 is 1.86 bits per heavy atom. The summed E-state index contributed by atoms with van der Waals surface area (Å²) in [5, 5.41) is 10.9. The Kier molecular flexibility index (Phi) is 2.96. The van der Waals surface area contributed by atoms with Crippen LogP contribution in [0.1, 0.15) is 65.2 Å². The molecule has 3 unspecified atom stereocenters. The van der Waals surface area contributed by atoms with E-state index in [9.17, 15) is 9.90 Å². The van der Waals surface area contributed by atoms with Crippen LogP contribution in [0.5, 0.6) is 0 Å². The Labute approximate surface area is 128 Å². The zero-order valence-corrected chi connectivity index (χ0v) is 13.4. The summed E-state index contributed by atoms with van der Waals surface area (Å²) in [4.78, 5) is 11.7. The van der Waals surface area contributed by atoms with Crippen molar-refractivity contribution in [1.29, 1.82) is 0 Å². The highest BCUT2D eigenvalue weighted by Crippen LogP contribution is 2.64. The van der Waals surface area contributed by atoms with E-state index in [4.69, 9.17) is 0 Å². The van der Waals surface area contributed by atoms with Gasteiger partial charge in [0.2, 0.25) is 0 Å². The molecule has 21 heavy (non-hydrogen) atoms. The van der Waals surface area contributed by atoms with Crippen LogP contribution in [0, 0.1) is 29.1 Å². The second kappa shape index (κ2) is 4.44. The fraction of sp³-hybridized carbons (Fsp3) is 0.842. The van der Waals surface area contributed by atoms with Crippen LogP contribution in [0.3, 0.4) is 0 Å². The zero-order valence-electron chi connectivity index (χ0n) is 13.4. The first kappa shape index (κ1) is 14.0. The van der Waals surface area contributed by atoms with Crippen LogP contribution in [-0.4, -0.2) is 16.5 Å². The molecule has 0 aliphatic heterocycles. The molecule has 4 aliphatic carbocycles. The van der Waals surface area contributed by atoms with Crippen molar-refractivity contribution in [3.05, 3.63) is 11.6 Å². The topological polar surface area (TPSA) is 37.3 Å². The van der Waals surface area contributed by atoms with Gasteiger partial charge in [-0.1, -0.05) is 12.5 Å². The van der Waals surface area contributed by atoms with Gasteiger partial charge in [-0.3, -0.25) is 4.79 Å². The predicted molar refractivity (Wildman–Crippen MR) is 82.7 cm³/mol. The van der Waals surface area contributed by atoms with Gasteiger partial charge in [0.1, 0.15) is 0 Å². The molecular weight excluding hydrogens is 260 g/mol. The van der Waals surface area contributed by atoms with Crippen molar-refractivity contribution < 1.29 is 9.90 Å². The standard InChI is InChI=1S/C19H28O2/c1-18-9-7-15-14-6-4-13(20)11-12(14)3-5-16(15)17(18)8-10-19(18,2)21/h11,14-17,21H,3-10H2,1-2H3/t14-,15?,16?,17?,18-,19-/m0/s1. The smallest absolute Gasteiger partial charge is 0.155 e. The molecule has 0 heterocycles. The third kappa shape index (κ3) is 1.84. The molecule has 0 saturated heterocycles. The van der Waals surface area contributed by atoms with E-state index in [2.05, 4.69) is 13.8 Å². The molecule has 3 saturated carbocycles. The Hall–Kier alpha value is -0.630. The molecule has 0 aromatic heterocycles. The highest BCUT2D eigenvalue weighted by molar-refractivity contribution is 5.91. The Balaban J connectivity index is 1.64. The normalized spacial score (nSPS) is 52.7. The monoisotopic (exact) mass is 288 g/mol. The van der Waals surface area contributed by atoms with Gasteiger partial charge in [-0.05, 0) is 87.0 Å². The molecule has 6 atom stereocenters. The van der Waals surface area contributed by atoms with Crippen molar-refractivity contribution in [2.45, 2.75) is 70.8 Å². The van der Waals surface area contributed by atoms with Crippen LogP contribution >= 0.6 is 0 Å². The number of hydrogen-bond acceptors (Lipinski definition) is 2. The van der Waals surface area contributed by atoms with Crippen LogP contribution < -0.4 is 0 Å². The molecule has 4 aliphatic rings. The third-order valence-electron chi connectivity index (χ3n) is 7.86. The minimum absolute atomic E-state index is 0.125. The molecular formula is C19H28O2. The van der Waals surface area contributed by atoms with E-state index >= 15 is 0 Å². The van der Waals surface area contributed by atoms with Crippen molar-refractivity contribution in [3.8, 4) is 0 Å². The van der Waals surface area contributed by atoms with E-state index in [1.165, 1.54) is 31.3 Å². The number of carbonyl (C=O) groups is 1. The summed E-state index contributed by atoms with van der Waals surface area (Å²) in [6.45, 7) is 4.41. The maximum Gasteiger partial charge on any atom is 0.155 e. The van der Waals surface area contributed by atoms with Gasteiger partial charge in [-0.2, -0.15) is 0 Å². The van der Waals surface area contributed by atoms with Gasteiger partial charge in [0.15, 0.2) is 5.78 Å². The molecule has 2 heteroatoms. The first-order valence-electron chi connectivity index (χ1n) is 8.88. The van der Waals surface area contributed by atoms with Crippen LogP contribution in [0.2, 0.25) is 0 Å². The van der Waals surface area contributed by atoms with Gasteiger partial charge < -0.3 is 5.11 Å². The van der Waals surface area contributed by atoms with E-state index in [0.29, 0.717) is 17.6 Å². The molecule has 2 nitrogen and oxygen atoms in total. The summed E-state index contributed by atoms with van der Waals surface area (Å²) in [7, 11) is 0. The van der Waals surface area contributed by atoms with Crippen molar-refractivity contribution in [1.82, 2.24) is 0 Å². The summed E-state index contributed by atoms with van der Waals surface area (Å²) >= 11 is 0. The Morgan fingerprint density at radius 3 is 2.67 bits per heavy atom. The molecule has 4 rings (SSSR count). The van der Waals surface area contributed by atoms with E-state index < -0.39 is 5.60 Å². The lowest BCUT2D eigenvalue weighted by molar-refractivity contribution is -0.117. The van der Waals surface area contributed by atoms with Crippen molar-refractivity contribution >= 4 is 5.78 Å². The molecule has 0 bridgehead atoms. The van der Waals surface area contributed by atoms with E-state index in [1.807, 2.05) is 6.08 Å². The van der Waals surface area contributed by atoms with Gasteiger partial charge in [0.05, 0.1) is 5.60 Å². The molecule has 0 radical (unpaired) electrons. The maximum atomic E-state index is 11.7. The van der Waals surface area contributed by atoms with Crippen molar-refractivity contribution in [2.75, 3.05) is 0 Å². The lowest BCUT2D eigenvalue weighted by Gasteiger charge is -2.55. The number of carbonyl (C=O) groups excluding carboxylic acids is 1. The lowest BCUT2D eigenvalue weighted by atomic mass is 9.51. The SMILES string of the molecule is C[C@]1(O)CCC2C3CCC4=CC(=O)CC[C@@H]4C3CC[C@@]21C. The summed E-state index contributed by atoms with van der Waals surface area (Å²) < 4.78 is 0. The molecule has 0 aromatic rings. The van der Waals surface area contributed by atoms with Crippen LogP contribution in [0.15, 0.2) is 11.6 Å². The summed E-state index contributed by atoms with van der Waals surface area (Å²) in [6, 6.07) is 0. The lowest BCUT2D eigenvalue weighted by Crippen LogP contribution is -2.51. The molecule has 3 fully saturated rings. The Bertz CT molecular complexity index is 504. The zero-order chi connectivity index (χ0) is 14.8. The number of fused-ring (bicyclic) bond motifs is 5. The minimum Gasteiger partial charge on any atom is -0.390 e. The minimum atomic E-state index is -0.471. The summed E-state index contributed by atoms with van der Waals surface area (Å²) in [5.41, 5.74) is 1.11. The second-order valence-corrected chi connectivity index (χ2v) is 8.57. The Morgan fingerprint density at radius 1 is 1.05 bits per heavy atom. The number of allylic oxidation sites excluding steroid dienone is 1. The fourth-order valence-corrected chi connectivity index (χ4v) is 6.42. The van der Waals surface area contributed by atoms with Crippen LogP contribution in [0.4, 0.5) is 0 Å². The quantitative estimate of drug-likeness (QED) is 0.734. The first-order chi connectivity index (χ1) is 9.92. The molecule has 0 spiro atoms. The summed E-state index contributed by atoms with van der Waals surface area (Å²) in [5.74, 6) is 3.30. The highest BCUT2D eigenvalue weighted by atomic mass is 16.3. The number of aliphatic hydroxyl groups is 1. The third-order valence-corrected chi connectivity index (χ3v) is 7.86. The molecule has 1 N–H and O–H groups in total. The number of ketones is 1. The van der Waals surface area contributed by atoms with E-state index in [0.717, 1.165) is 37.5 Å². The molecule has 0 amide bonds. The maximum absolute atomic E-state index is 11.7.